The monoisotopic (exact) mass is 486 g/mol. The van der Waals surface area contributed by atoms with Crippen molar-refractivity contribution in [1.29, 1.82) is 0 Å². The number of rotatable bonds is 9. The van der Waals surface area contributed by atoms with E-state index >= 15 is 0 Å². The number of allylic oxidation sites excluding steroid dienone is 1. The summed E-state index contributed by atoms with van der Waals surface area (Å²) in [4.78, 5) is 25.6. The molecule has 0 atom stereocenters. The third kappa shape index (κ3) is 5.25. The molecule has 0 aliphatic heterocycles. The fourth-order valence-corrected chi connectivity index (χ4v) is 3.77. The smallest absolute Gasteiger partial charge is 0.347 e. The van der Waals surface area contributed by atoms with Crippen LogP contribution >= 0.6 is 0 Å². The number of ether oxygens (including phenoxy) is 4. The molecule has 0 aliphatic carbocycles. The molecular formula is C29H26O7. The van der Waals surface area contributed by atoms with Crippen LogP contribution in [0, 0.1) is 6.92 Å². The topological polar surface area (TPSA) is 84.2 Å². The van der Waals surface area contributed by atoms with Gasteiger partial charge in [-0.25, -0.2) is 4.79 Å². The van der Waals surface area contributed by atoms with Crippen LogP contribution in [0.5, 0.6) is 23.0 Å². The van der Waals surface area contributed by atoms with Crippen molar-refractivity contribution in [3.05, 3.63) is 89.2 Å². The lowest BCUT2D eigenvalue weighted by Crippen LogP contribution is -2.09. The quantitative estimate of drug-likeness (QED) is 0.119. The molecular weight excluding hydrogens is 460 g/mol. The van der Waals surface area contributed by atoms with Gasteiger partial charge in [-0.1, -0.05) is 0 Å². The van der Waals surface area contributed by atoms with Gasteiger partial charge in [-0.05, 0) is 80.6 Å². The Morgan fingerprint density at radius 1 is 0.889 bits per heavy atom. The zero-order valence-electron chi connectivity index (χ0n) is 20.5. The third-order valence-electron chi connectivity index (χ3n) is 5.55. The van der Waals surface area contributed by atoms with E-state index in [1.807, 2.05) is 13.0 Å². The predicted molar refractivity (Wildman–Crippen MR) is 136 cm³/mol. The summed E-state index contributed by atoms with van der Waals surface area (Å²) in [5.41, 5.74) is 2.10. The predicted octanol–water partition coefficient (Wildman–Crippen LogP) is 6.27. The van der Waals surface area contributed by atoms with E-state index < -0.39 is 5.97 Å². The molecule has 4 rings (SSSR count). The van der Waals surface area contributed by atoms with Gasteiger partial charge >= 0.3 is 5.97 Å². The van der Waals surface area contributed by atoms with Crippen molar-refractivity contribution < 1.29 is 33.0 Å². The molecule has 0 aliphatic rings. The minimum atomic E-state index is -0.550. The first-order valence-corrected chi connectivity index (χ1v) is 11.4. The number of hydrogen-bond acceptors (Lipinski definition) is 7. The van der Waals surface area contributed by atoms with E-state index in [1.54, 1.807) is 81.8 Å². The van der Waals surface area contributed by atoms with E-state index in [0.717, 1.165) is 5.56 Å². The molecule has 0 N–H and O–H groups in total. The molecule has 1 aromatic heterocycles. The molecule has 4 aromatic rings. The van der Waals surface area contributed by atoms with Crippen molar-refractivity contribution >= 4 is 28.8 Å². The second kappa shape index (κ2) is 10.8. The van der Waals surface area contributed by atoms with Crippen molar-refractivity contribution in [3.63, 3.8) is 0 Å². The Morgan fingerprint density at radius 3 is 2.31 bits per heavy atom. The molecule has 0 saturated carbocycles. The molecule has 0 fully saturated rings. The number of fused-ring (bicyclic) bond motifs is 1. The summed E-state index contributed by atoms with van der Waals surface area (Å²) in [6.07, 6.45) is 3.14. The first-order chi connectivity index (χ1) is 17.4. The highest BCUT2D eigenvalue weighted by atomic mass is 16.5. The largest absolute Gasteiger partial charge is 0.497 e. The second-order valence-corrected chi connectivity index (χ2v) is 7.84. The highest BCUT2D eigenvalue weighted by molar-refractivity contribution is 6.07. The zero-order chi connectivity index (χ0) is 25.7. The maximum atomic E-state index is 12.9. The van der Waals surface area contributed by atoms with Crippen LogP contribution < -0.4 is 18.9 Å². The lowest BCUT2D eigenvalue weighted by Gasteiger charge is -2.07. The van der Waals surface area contributed by atoms with Crippen LogP contribution in [0.3, 0.4) is 0 Å². The highest BCUT2D eigenvalue weighted by Crippen LogP contribution is 2.30. The van der Waals surface area contributed by atoms with Crippen LogP contribution in [0.4, 0.5) is 0 Å². The Hall–Kier alpha value is -4.52. The number of hydrogen-bond donors (Lipinski definition) is 0. The molecule has 0 unspecified atom stereocenters. The molecule has 0 spiro atoms. The lowest BCUT2D eigenvalue weighted by molar-refractivity contribution is 0.0734. The highest BCUT2D eigenvalue weighted by Gasteiger charge is 2.21. The Labute approximate surface area is 208 Å². The Bertz CT molecular complexity index is 1430. The summed E-state index contributed by atoms with van der Waals surface area (Å²) < 4.78 is 27.4. The van der Waals surface area contributed by atoms with Gasteiger partial charge in [0.05, 0.1) is 20.8 Å². The first kappa shape index (κ1) is 24.6. The number of aryl methyl sites for hydroxylation is 1. The van der Waals surface area contributed by atoms with Gasteiger partial charge in [0.2, 0.25) is 0 Å². The van der Waals surface area contributed by atoms with Gasteiger partial charge in [0.1, 0.15) is 39.9 Å². The SMILES string of the molecule is CCOc1ccc2oc(C)c(C(=O)Oc3ccc(C(=O)/C=C/c4ccc(OC)cc4OC)cc3)c2c1. The molecule has 7 heteroatoms. The fraction of sp³-hybridized carbons (Fsp3) is 0.172. The summed E-state index contributed by atoms with van der Waals surface area (Å²) >= 11 is 0. The standard InChI is InChI=1S/C29H26O7/c1-5-34-23-13-15-26-24(16-23)28(18(2)35-26)29(31)36-21-10-6-19(7-11-21)25(30)14-9-20-8-12-22(32-3)17-27(20)33-4/h6-17H,5H2,1-4H3/b14-9+. The summed E-state index contributed by atoms with van der Waals surface area (Å²) in [6.45, 7) is 4.11. The Morgan fingerprint density at radius 2 is 1.61 bits per heavy atom. The van der Waals surface area contributed by atoms with Crippen LogP contribution in [0.1, 0.15) is 39.0 Å². The van der Waals surface area contributed by atoms with Gasteiger partial charge in [0.15, 0.2) is 5.78 Å². The van der Waals surface area contributed by atoms with Crippen LogP contribution in [0.25, 0.3) is 17.0 Å². The Balaban J connectivity index is 1.48. The average molecular weight is 487 g/mol. The molecule has 36 heavy (non-hydrogen) atoms. The molecule has 0 saturated heterocycles. The number of benzene rings is 3. The average Bonchev–Trinajstić information content (AvgIpc) is 3.22. The van der Waals surface area contributed by atoms with E-state index in [2.05, 4.69) is 0 Å². The summed E-state index contributed by atoms with van der Waals surface area (Å²) in [6, 6.07) is 17.0. The molecule has 0 amide bonds. The molecule has 1 heterocycles. The first-order valence-electron chi connectivity index (χ1n) is 11.4. The zero-order valence-corrected chi connectivity index (χ0v) is 20.5. The van der Waals surface area contributed by atoms with Crippen molar-refractivity contribution in [2.45, 2.75) is 13.8 Å². The molecule has 7 nitrogen and oxygen atoms in total. The van der Waals surface area contributed by atoms with E-state index in [0.29, 0.717) is 57.5 Å². The van der Waals surface area contributed by atoms with E-state index in [9.17, 15) is 9.59 Å². The maximum absolute atomic E-state index is 12.9. The number of ketones is 1. The van der Waals surface area contributed by atoms with Crippen LogP contribution in [0.15, 0.2) is 71.2 Å². The van der Waals surface area contributed by atoms with Crippen molar-refractivity contribution in [1.82, 2.24) is 0 Å². The summed E-state index contributed by atoms with van der Waals surface area (Å²) in [5, 5.41) is 0.620. The maximum Gasteiger partial charge on any atom is 0.347 e. The van der Waals surface area contributed by atoms with Gasteiger partial charge in [-0.3, -0.25) is 4.79 Å². The molecule has 0 bridgehead atoms. The summed E-state index contributed by atoms with van der Waals surface area (Å²) in [5.74, 6) is 1.91. The van der Waals surface area contributed by atoms with Crippen molar-refractivity contribution in [3.8, 4) is 23.0 Å². The lowest BCUT2D eigenvalue weighted by atomic mass is 10.1. The van der Waals surface area contributed by atoms with Crippen LogP contribution in [0.2, 0.25) is 0 Å². The van der Waals surface area contributed by atoms with Crippen molar-refractivity contribution in [2.24, 2.45) is 0 Å². The minimum absolute atomic E-state index is 0.203. The Kier molecular flexibility index (Phi) is 7.39. The molecule has 0 radical (unpaired) electrons. The molecule has 3 aromatic carbocycles. The van der Waals surface area contributed by atoms with Gasteiger partial charge in [-0.2, -0.15) is 0 Å². The normalized spacial score (nSPS) is 11.0. The third-order valence-corrected chi connectivity index (χ3v) is 5.55. The number of carbonyl (C=O) groups is 2. The van der Waals surface area contributed by atoms with Gasteiger partial charge in [0.25, 0.3) is 0 Å². The van der Waals surface area contributed by atoms with E-state index in [1.165, 1.54) is 6.08 Å². The molecule has 184 valence electrons. The van der Waals surface area contributed by atoms with Gasteiger partial charge in [-0.15, -0.1) is 0 Å². The minimum Gasteiger partial charge on any atom is -0.497 e. The van der Waals surface area contributed by atoms with E-state index in [4.69, 9.17) is 23.4 Å². The number of carbonyl (C=O) groups excluding carboxylic acids is 2. The fourth-order valence-electron chi connectivity index (χ4n) is 3.77. The number of furan rings is 1. The van der Waals surface area contributed by atoms with Gasteiger partial charge in [0, 0.05) is 22.6 Å². The van der Waals surface area contributed by atoms with E-state index in [-0.39, 0.29) is 5.78 Å². The van der Waals surface area contributed by atoms with Crippen LogP contribution in [-0.4, -0.2) is 32.6 Å². The van der Waals surface area contributed by atoms with Crippen LogP contribution in [-0.2, 0) is 0 Å². The summed E-state index contributed by atoms with van der Waals surface area (Å²) in [7, 11) is 3.13. The number of esters is 1. The van der Waals surface area contributed by atoms with Crippen molar-refractivity contribution in [2.75, 3.05) is 20.8 Å². The van der Waals surface area contributed by atoms with Gasteiger partial charge < -0.3 is 23.4 Å². The number of methoxy groups -OCH3 is 2. The second-order valence-electron chi connectivity index (χ2n) is 7.84.